The van der Waals surface area contributed by atoms with Crippen LogP contribution >= 0.6 is 0 Å². The first-order valence-corrected chi connectivity index (χ1v) is 9.81. The van der Waals surface area contributed by atoms with Crippen molar-refractivity contribution in [2.75, 3.05) is 24.4 Å². The van der Waals surface area contributed by atoms with Gasteiger partial charge in [0.1, 0.15) is 6.61 Å². The molecule has 0 radical (unpaired) electrons. The van der Waals surface area contributed by atoms with Crippen LogP contribution in [0, 0.1) is 0 Å². The Morgan fingerprint density at radius 2 is 1.84 bits per heavy atom. The number of nitrogens with zero attached hydrogens (tertiary/aromatic N) is 1. The van der Waals surface area contributed by atoms with Gasteiger partial charge in [0.25, 0.3) is 5.91 Å². The molecule has 2 N–H and O–H groups in total. The zero-order valence-corrected chi connectivity index (χ0v) is 17.6. The van der Waals surface area contributed by atoms with Crippen LogP contribution in [-0.2, 0) is 4.79 Å². The van der Waals surface area contributed by atoms with Gasteiger partial charge in [-0.15, -0.1) is 0 Å². The Morgan fingerprint density at radius 1 is 1.03 bits per heavy atom. The van der Waals surface area contributed by atoms with Crippen molar-refractivity contribution in [3.8, 4) is 11.5 Å². The number of amides is 2. The number of anilines is 2. The van der Waals surface area contributed by atoms with Gasteiger partial charge in [-0.25, -0.2) is 0 Å². The van der Waals surface area contributed by atoms with Crippen LogP contribution in [0.25, 0.3) is 6.08 Å². The van der Waals surface area contributed by atoms with Crippen LogP contribution < -0.4 is 20.1 Å². The van der Waals surface area contributed by atoms with E-state index in [0.29, 0.717) is 35.0 Å². The van der Waals surface area contributed by atoms with E-state index in [-0.39, 0.29) is 11.8 Å². The second kappa shape index (κ2) is 11.1. The molecule has 3 rings (SSSR count). The number of hydrogen-bond acceptors (Lipinski definition) is 5. The van der Waals surface area contributed by atoms with E-state index in [2.05, 4.69) is 22.2 Å². The Bertz CT molecular complexity index is 1130. The Labute approximate surface area is 186 Å². The summed E-state index contributed by atoms with van der Waals surface area (Å²) in [6.45, 7) is 3.99. The van der Waals surface area contributed by atoms with E-state index >= 15 is 0 Å². The fourth-order valence-corrected chi connectivity index (χ4v) is 2.79. The van der Waals surface area contributed by atoms with Gasteiger partial charge < -0.3 is 20.1 Å². The first-order chi connectivity index (χ1) is 15.6. The summed E-state index contributed by atoms with van der Waals surface area (Å²) in [5, 5.41) is 5.56. The molecule has 0 saturated heterocycles. The van der Waals surface area contributed by atoms with Crippen LogP contribution in [-0.4, -0.2) is 30.5 Å². The summed E-state index contributed by atoms with van der Waals surface area (Å²) in [5.41, 5.74) is 2.33. The van der Waals surface area contributed by atoms with Crippen molar-refractivity contribution in [1.29, 1.82) is 0 Å². The number of aromatic nitrogens is 1. The summed E-state index contributed by atoms with van der Waals surface area (Å²) in [7, 11) is 1.55. The summed E-state index contributed by atoms with van der Waals surface area (Å²) in [5.74, 6) is 0.563. The predicted molar refractivity (Wildman–Crippen MR) is 125 cm³/mol. The van der Waals surface area contributed by atoms with Crippen molar-refractivity contribution in [2.24, 2.45) is 0 Å². The summed E-state index contributed by atoms with van der Waals surface area (Å²) < 4.78 is 10.9. The van der Waals surface area contributed by atoms with Gasteiger partial charge in [-0.1, -0.05) is 24.8 Å². The normalized spacial score (nSPS) is 10.4. The van der Waals surface area contributed by atoms with Gasteiger partial charge in [-0.05, 0) is 54.1 Å². The van der Waals surface area contributed by atoms with E-state index in [9.17, 15) is 9.59 Å². The molecule has 0 spiro atoms. The van der Waals surface area contributed by atoms with E-state index in [0.717, 1.165) is 5.56 Å². The lowest BCUT2D eigenvalue weighted by molar-refractivity contribution is -0.111. The van der Waals surface area contributed by atoms with Crippen molar-refractivity contribution in [1.82, 2.24) is 4.98 Å². The molecule has 2 amide bonds. The number of methoxy groups -OCH3 is 1. The highest BCUT2D eigenvalue weighted by atomic mass is 16.5. The Kier molecular flexibility index (Phi) is 7.75. The molecule has 0 unspecified atom stereocenters. The van der Waals surface area contributed by atoms with Crippen molar-refractivity contribution in [3.05, 3.63) is 96.8 Å². The minimum Gasteiger partial charge on any atom is -0.493 e. The maximum atomic E-state index is 12.3. The smallest absolute Gasteiger partial charge is 0.257 e. The van der Waals surface area contributed by atoms with Crippen molar-refractivity contribution >= 4 is 29.3 Å². The molecule has 1 heterocycles. The molecule has 0 aliphatic heterocycles. The highest BCUT2D eigenvalue weighted by Gasteiger charge is 2.07. The second-order valence-corrected chi connectivity index (χ2v) is 6.61. The molecule has 32 heavy (non-hydrogen) atoms. The topological polar surface area (TPSA) is 89.6 Å². The number of carbonyl (C=O) groups is 2. The minimum atomic E-state index is -0.313. The van der Waals surface area contributed by atoms with Gasteiger partial charge in [0.05, 0.1) is 12.7 Å². The summed E-state index contributed by atoms with van der Waals surface area (Å²) >= 11 is 0. The molecule has 162 valence electrons. The van der Waals surface area contributed by atoms with Crippen molar-refractivity contribution < 1.29 is 19.1 Å². The number of hydrogen-bond donors (Lipinski definition) is 2. The summed E-state index contributed by atoms with van der Waals surface area (Å²) in [6.07, 6.45) is 7.82. The average Bonchev–Trinajstić information content (AvgIpc) is 2.82. The van der Waals surface area contributed by atoms with Gasteiger partial charge in [0.2, 0.25) is 5.91 Å². The molecule has 0 bridgehead atoms. The number of rotatable bonds is 9. The number of nitrogens with one attached hydrogen (secondary N) is 2. The van der Waals surface area contributed by atoms with Crippen molar-refractivity contribution in [3.63, 3.8) is 0 Å². The average molecular weight is 429 g/mol. The van der Waals surface area contributed by atoms with Crippen LogP contribution in [0.15, 0.2) is 85.7 Å². The van der Waals surface area contributed by atoms with E-state index in [1.54, 1.807) is 74.0 Å². The van der Waals surface area contributed by atoms with Gasteiger partial charge in [-0.3, -0.25) is 14.6 Å². The Morgan fingerprint density at radius 3 is 2.56 bits per heavy atom. The third-order valence-corrected chi connectivity index (χ3v) is 4.28. The molecular weight excluding hydrogens is 406 g/mol. The SMILES string of the molecule is C=CCOc1ccc(/C=C/C(=O)Nc2cccc(NC(=O)c3cccnc3)c2)cc1OC. The summed E-state index contributed by atoms with van der Waals surface area (Å²) in [4.78, 5) is 28.5. The van der Waals surface area contributed by atoms with Crippen LogP contribution in [0.4, 0.5) is 11.4 Å². The number of benzene rings is 2. The lowest BCUT2D eigenvalue weighted by atomic mass is 10.2. The molecule has 0 aliphatic rings. The second-order valence-electron chi connectivity index (χ2n) is 6.61. The first-order valence-electron chi connectivity index (χ1n) is 9.81. The van der Waals surface area contributed by atoms with Gasteiger partial charge in [0, 0.05) is 29.8 Å². The lowest BCUT2D eigenvalue weighted by Gasteiger charge is -2.10. The van der Waals surface area contributed by atoms with Gasteiger partial charge in [-0.2, -0.15) is 0 Å². The van der Waals surface area contributed by atoms with Gasteiger partial charge in [0.15, 0.2) is 11.5 Å². The molecule has 0 fully saturated rings. The molecule has 3 aromatic rings. The Balaban J connectivity index is 1.62. The maximum Gasteiger partial charge on any atom is 0.257 e. The highest BCUT2D eigenvalue weighted by Crippen LogP contribution is 2.28. The molecule has 0 saturated carbocycles. The standard InChI is InChI=1S/C25H23N3O4/c1-3-14-32-22-11-9-18(15-23(22)31-2)10-12-24(29)27-20-7-4-8-21(16-20)28-25(30)19-6-5-13-26-17-19/h3-13,15-17H,1,14H2,2H3,(H,27,29)(H,28,30)/b12-10+. The summed E-state index contributed by atoms with van der Waals surface area (Å²) in [6, 6.07) is 15.6. The Hall–Kier alpha value is -4.39. The highest BCUT2D eigenvalue weighted by molar-refractivity contribution is 6.05. The quantitative estimate of drug-likeness (QED) is 0.384. The van der Waals surface area contributed by atoms with Crippen molar-refractivity contribution in [2.45, 2.75) is 0 Å². The zero-order chi connectivity index (χ0) is 22.8. The fourth-order valence-electron chi connectivity index (χ4n) is 2.79. The fraction of sp³-hybridized carbons (Fsp3) is 0.0800. The van der Waals surface area contributed by atoms with E-state index in [4.69, 9.17) is 9.47 Å². The molecule has 0 atom stereocenters. The first kappa shape index (κ1) is 22.3. The largest absolute Gasteiger partial charge is 0.493 e. The minimum absolute atomic E-state index is 0.282. The lowest BCUT2D eigenvalue weighted by Crippen LogP contribution is -2.13. The molecule has 0 aliphatic carbocycles. The maximum absolute atomic E-state index is 12.3. The molecular formula is C25H23N3O4. The monoisotopic (exact) mass is 429 g/mol. The van der Waals surface area contributed by atoms with Crippen LogP contribution in [0.5, 0.6) is 11.5 Å². The van der Waals surface area contributed by atoms with E-state index in [1.807, 2.05) is 6.07 Å². The van der Waals surface area contributed by atoms with Gasteiger partial charge >= 0.3 is 0 Å². The third kappa shape index (κ3) is 6.30. The van der Waals surface area contributed by atoms with E-state index < -0.39 is 0 Å². The molecule has 1 aromatic heterocycles. The van der Waals surface area contributed by atoms with Crippen LogP contribution in [0.3, 0.4) is 0 Å². The number of ether oxygens (including phenoxy) is 2. The third-order valence-electron chi connectivity index (χ3n) is 4.28. The molecule has 7 heteroatoms. The zero-order valence-electron chi connectivity index (χ0n) is 17.6. The molecule has 2 aromatic carbocycles. The van der Waals surface area contributed by atoms with Crippen LogP contribution in [0.1, 0.15) is 15.9 Å². The van der Waals surface area contributed by atoms with Crippen LogP contribution in [0.2, 0.25) is 0 Å². The van der Waals surface area contributed by atoms with E-state index in [1.165, 1.54) is 12.3 Å². The molecule has 7 nitrogen and oxygen atoms in total. The predicted octanol–water partition coefficient (Wildman–Crippen LogP) is 4.56. The number of pyridine rings is 1. The number of carbonyl (C=O) groups excluding carboxylic acids is 2.